The lowest BCUT2D eigenvalue weighted by Gasteiger charge is -2.05. The highest BCUT2D eigenvalue weighted by Crippen LogP contribution is 2.29. The fourth-order valence-corrected chi connectivity index (χ4v) is 1.76. The third-order valence-corrected chi connectivity index (χ3v) is 2.86. The average Bonchev–Trinajstić information content (AvgIpc) is 2.39. The fraction of sp³-hybridized carbons (Fsp3) is 0.500. The average molecular weight is 246 g/mol. The van der Waals surface area contributed by atoms with Crippen molar-refractivity contribution in [2.75, 3.05) is 7.11 Å². The molecule has 0 aliphatic heterocycles. The Kier molecular flexibility index (Phi) is 6.79. The Labute approximate surface area is 110 Å². The van der Waals surface area contributed by atoms with Gasteiger partial charge in [-0.05, 0) is 12.5 Å². The van der Waals surface area contributed by atoms with Gasteiger partial charge < -0.3 is 9.84 Å². The summed E-state index contributed by atoms with van der Waals surface area (Å²) in [6.45, 7) is 2.21. The topological polar surface area (TPSA) is 29.5 Å². The smallest absolute Gasteiger partial charge is 0.161 e. The van der Waals surface area contributed by atoms with Crippen molar-refractivity contribution in [2.45, 2.75) is 45.4 Å². The number of methoxy groups -OCH3 is 1. The normalized spacial score (nSPS) is 9.67. The molecule has 0 saturated heterocycles. The quantitative estimate of drug-likeness (QED) is 0.609. The second-order valence-electron chi connectivity index (χ2n) is 4.31. The number of ether oxygens (including phenoxy) is 1. The van der Waals surface area contributed by atoms with Crippen molar-refractivity contribution >= 4 is 0 Å². The molecule has 0 aliphatic rings. The lowest BCUT2D eigenvalue weighted by molar-refractivity contribution is 0.371. The number of unbranched alkanes of at least 4 members (excludes halogenated alkanes) is 4. The van der Waals surface area contributed by atoms with Crippen LogP contribution in [-0.4, -0.2) is 12.2 Å². The molecule has 0 amide bonds. The summed E-state index contributed by atoms with van der Waals surface area (Å²) in [6.07, 6.45) is 6.51. The molecule has 1 aromatic carbocycles. The summed E-state index contributed by atoms with van der Waals surface area (Å²) in [7, 11) is 1.55. The van der Waals surface area contributed by atoms with Crippen LogP contribution in [0.2, 0.25) is 0 Å². The van der Waals surface area contributed by atoms with Crippen molar-refractivity contribution in [3.05, 3.63) is 23.8 Å². The maximum Gasteiger partial charge on any atom is 0.161 e. The summed E-state index contributed by atoms with van der Waals surface area (Å²) in [4.78, 5) is 0. The van der Waals surface area contributed by atoms with E-state index in [9.17, 15) is 5.11 Å². The van der Waals surface area contributed by atoms with E-state index >= 15 is 0 Å². The Balaban J connectivity index is 2.41. The van der Waals surface area contributed by atoms with Gasteiger partial charge in [-0.1, -0.05) is 44.2 Å². The SMILES string of the molecule is CCCCCCC#CCc1cccc(OC)c1O. The molecule has 0 saturated carbocycles. The van der Waals surface area contributed by atoms with E-state index in [1.807, 2.05) is 12.1 Å². The summed E-state index contributed by atoms with van der Waals surface area (Å²) in [6, 6.07) is 5.50. The molecule has 98 valence electrons. The molecule has 0 bridgehead atoms. The van der Waals surface area contributed by atoms with Crippen molar-refractivity contribution < 1.29 is 9.84 Å². The fourth-order valence-electron chi connectivity index (χ4n) is 1.76. The van der Waals surface area contributed by atoms with Gasteiger partial charge in [-0.15, -0.1) is 5.92 Å². The molecule has 2 heteroatoms. The molecule has 0 radical (unpaired) electrons. The van der Waals surface area contributed by atoms with E-state index in [2.05, 4.69) is 18.8 Å². The van der Waals surface area contributed by atoms with Crippen molar-refractivity contribution in [3.8, 4) is 23.3 Å². The summed E-state index contributed by atoms with van der Waals surface area (Å²) < 4.78 is 5.06. The maximum absolute atomic E-state index is 9.87. The molecule has 1 rings (SSSR count). The highest BCUT2D eigenvalue weighted by atomic mass is 16.5. The first-order valence-corrected chi connectivity index (χ1v) is 6.60. The summed E-state index contributed by atoms with van der Waals surface area (Å²) in [5, 5.41) is 9.87. The molecule has 0 spiro atoms. The number of para-hydroxylation sites is 1. The van der Waals surface area contributed by atoms with Crippen molar-refractivity contribution in [3.63, 3.8) is 0 Å². The maximum atomic E-state index is 9.87. The zero-order valence-electron chi connectivity index (χ0n) is 11.3. The Morgan fingerprint density at radius 3 is 2.72 bits per heavy atom. The number of phenolic OH excluding ortho intramolecular Hbond substituents is 1. The van der Waals surface area contributed by atoms with Crippen LogP contribution in [-0.2, 0) is 6.42 Å². The Morgan fingerprint density at radius 1 is 1.17 bits per heavy atom. The van der Waals surface area contributed by atoms with Crippen LogP contribution >= 0.6 is 0 Å². The van der Waals surface area contributed by atoms with E-state index in [-0.39, 0.29) is 5.75 Å². The van der Waals surface area contributed by atoms with E-state index in [4.69, 9.17) is 4.74 Å². The third kappa shape index (κ3) is 4.71. The van der Waals surface area contributed by atoms with Crippen LogP contribution in [0.1, 0.15) is 44.6 Å². The number of rotatable bonds is 6. The van der Waals surface area contributed by atoms with Crippen LogP contribution in [0.3, 0.4) is 0 Å². The van der Waals surface area contributed by atoms with Gasteiger partial charge in [-0.3, -0.25) is 0 Å². The molecule has 0 heterocycles. The van der Waals surface area contributed by atoms with E-state index < -0.39 is 0 Å². The standard InChI is InChI=1S/C16H22O2/c1-3-4-5-6-7-8-9-11-14-12-10-13-15(18-2)16(14)17/h10,12-13,17H,3-7,11H2,1-2H3. The van der Waals surface area contributed by atoms with Crippen molar-refractivity contribution in [1.82, 2.24) is 0 Å². The Morgan fingerprint density at radius 2 is 2.00 bits per heavy atom. The summed E-state index contributed by atoms with van der Waals surface area (Å²) >= 11 is 0. The van der Waals surface area contributed by atoms with Crippen LogP contribution in [0.15, 0.2) is 18.2 Å². The first-order valence-electron chi connectivity index (χ1n) is 6.60. The van der Waals surface area contributed by atoms with Crippen LogP contribution in [0.5, 0.6) is 11.5 Å². The van der Waals surface area contributed by atoms with Crippen molar-refractivity contribution in [2.24, 2.45) is 0 Å². The lowest BCUT2D eigenvalue weighted by Crippen LogP contribution is -1.88. The van der Waals surface area contributed by atoms with E-state index in [1.54, 1.807) is 13.2 Å². The predicted octanol–water partition coefficient (Wildman–Crippen LogP) is 3.92. The van der Waals surface area contributed by atoms with E-state index in [0.717, 1.165) is 12.0 Å². The van der Waals surface area contributed by atoms with Crippen LogP contribution in [0.25, 0.3) is 0 Å². The van der Waals surface area contributed by atoms with Crippen LogP contribution < -0.4 is 4.74 Å². The molecular formula is C16H22O2. The first-order chi connectivity index (χ1) is 8.79. The second-order valence-corrected chi connectivity index (χ2v) is 4.31. The summed E-state index contributed by atoms with van der Waals surface area (Å²) in [5.41, 5.74) is 0.829. The zero-order chi connectivity index (χ0) is 13.2. The van der Waals surface area contributed by atoms with Crippen LogP contribution in [0.4, 0.5) is 0 Å². The Bertz CT molecular complexity index is 413. The Hall–Kier alpha value is -1.62. The molecular weight excluding hydrogens is 224 g/mol. The van der Waals surface area contributed by atoms with Gasteiger partial charge in [0.25, 0.3) is 0 Å². The van der Waals surface area contributed by atoms with Gasteiger partial charge in [0.2, 0.25) is 0 Å². The van der Waals surface area contributed by atoms with E-state index in [1.165, 1.54) is 25.7 Å². The minimum atomic E-state index is 0.209. The number of hydrogen-bond acceptors (Lipinski definition) is 2. The minimum Gasteiger partial charge on any atom is -0.504 e. The van der Waals surface area contributed by atoms with Crippen LogP contribution in [0, 0.1) is 11.8 Å². The number of phenols is 1. The molecule has 1 N–H and O–H groups in total. The van der Waals surface area contributed by atoms with Crippen molar-refractivity contribution in [1.29, 1.82) is 0 Å². The van der Waals surface area contributed by atoms with Gasteiger partial charge in [0, 0.05) is 18.4 Å². The number of aromatic hydroxyl groups is 1. The lowest BCUT2D eigenvalue weighted by atomic mass is 10.1. The monoisotopic (exact) mass is 246 g/mol. The second kappa shape index (κ2) is 8.47. The molecule has 0 aromatic heterocycles. The molecule has 0 aliphatic carbocycles. The van der Waals surface area contributed by atoms with Gasteiger partial charge in [0.15, 0.2) is 11.5 Å². The van der Waals surface area contributed by atoms with Gasteiger partial charge >= 0.3 is 0 Å². The number of benzene rings is 1. The third-order valence-electron chi connectivity index (χ3n) is 2.86. The molecule has 0 atom stereocenters. The van der Waals surface area contributed by atoms with Gasteiger partial charge in [0.05, 0.1) is 7.11 Å². The molecule has 18 heavy (non-hydrogen) atoms. The molecule has 0 fully saturated rings. The highest BCUT2D eigenvalue weighted by Gasteiger charge is 2.04. The summed E-state index contributed by atoms with van der Waals surface area (Å²) in [5.74, 6) is 6.98. The van der Waals surface area contributed by atoms with Gasteiger partial charge in [-0.25, -0.2) is 0 Å². The predicted molar refractivity (Wildman–Crippen MR) is 74.9 cm³/mol. The minimum absolute atomic E-state index is 0.209. The highest BCUT2D eigenvalue weighted by molar-refractivity contribution is 5.46. The largest absolute Gasteiger partial charge is 0.504 e. The molecule has 0 unspecified atom stereocenters. The zero-order valence-corrected chi connectivity index (χ0v) is 11.3. The van der Waals surface area contributed by atoms with E-state index in [0.29, 0.717) is 12.2 Å². The first kappa shape index (κ1) is 14.4. The van der Waals surface area contributed by atoms with Gasteiger partial charge in [0.1, 0.15) is 0 Å². The molecule has 2 nitrogen and oxygen atoms in total. The molecule has 1 aromatic rings. The number of hydrogen-bond donors (Lipinski definition) is 1. The van der Waals surface area contributed by atoms with Gasteiger partial charge in [-0.2, -0.15) is 0 Å².